The molecule has 2 aliphatic heterocycles. The fraction of sp³-hybridized carbons (Fsp3) is 0.171. The van der Waals surface area contributed by atoms with Crippen LogP contribution >= 0.6 is 0 Å². The summed E-state index contributed by atoms with van der Waals surface area (Å²) < 4.78 is 25.4. The molecule has 0 radical (unpaired) electrons. The van der Waals surface area contributed by atoms with Gasteiger partial charge in [0.1, 0.15) is 17.3 Å². The lowest BCUT2D eigenvalue weighted by Gasteiger charge is -2.37. The van der Waals surface area contributed by atoms with Crippen LogP contribution in [0.2, 0.25) is 0 Å². The van der Waals surface area contributed by atoms with Crippen molar-refractivity contribution in [3.05, 3.63) is 131 Å². The molecule has 1 saturated heterocycles. The summed E-state index contributed by atoms with van der Waals surface area (Å²) >= 11 is 0. The number of methoxy groups -OCH3 is 2. The van der Waals surface area contributed by atoms with E-state index in [1.54, 1.807) is 42.5 Å². The summed E-state index contributed by atoms with van der Waals surface area (Å²) in [5, 5.41) is 0. The van der Waals surface area contributed by atoms with E-state index in [-0.39, 0.29) is 22.9 Å². The van der Waals surface area contributed by atoms with Crippen molar-refractivity contribution in [3.63, 3.8) is 0 Å². The number of hydrogen-bond donors (Lipinski definition) is 0. The lowest BCUT2D eigenvalue weighted by molar-refractivity contribution is 0.0664. The third kappa shape index (κ3) is 3.33. The van der Waals surface area contributed by atoms with Crippen LogP contribution in [0.3, 0.4) is 0 Å². The minimum Gasteiger partial charge on any atom is -0.493 e. The van der Waals surface area contributed by atoms with E-state index in [4.69, 9.17) is 9.47 Å². The highest BCUT2D eigenvalue weighted by Crippen LogP contribution is 2.62. The molecular weight excluding hydrogens is 533 g/mol. The predicted octanol–water partition coefficient (Wildman–Crippen LogP) is 6.16. The number of ether oxygens (including phenoxy) is 2. The zero-order chi connectivity index (χ0) is 29.2. The van der Waals surface area contributed by atoms with Crippen LogP contribution in [0.15, 0.2) is 97.1 Å². The van der Waals surface area contributed by atoms with Crippen LogP contribution in [0.1, 0.15) is 48.1 Å². The van der Waals surface area contributed by atoms with Crippen molar-refractivity contribution in [1.29, 1.82) is 0 Å². The lowest BCUT2D eigenvalue weighted by atomic mass is 9.64. The summed E-state index contributed by atoms with van der Waals surface area (Å²) in [7, 11) is 3.01. The summed E-state index contributed by atoms with van der Waals surface area (Å²) in [6.45, 7) is 0. The van der Waals surface area contributed by atoms with Gasteiger partial charge in [-0.1, -0.05) is 66.7 Å². The van der Waals surface area contributed by atoms with Gasteiger partial charge in [0, 0.05) is 33.9 Å². The van der Waals surface area contributed by atoms with E-state index in [1.165, 1.54) is 38.5 Å². The average Bonchev–Trinajstić information content (AvgIpc) is 3.46. The Kier molecular flexibility index (Phi) is 5.87. The van der Waals surface area contributed by atoms with Gasteiger partial charge in [0.05, 0.1) is 20.3 Å². The molecule has 0 aromatic heterocycles. The molecule has 6 nitrogen and oxygen atoms in total. The molecule has 208 valence electrons. The molecule has 3 atom stereocenters. The molecule has 0 N–H and O–H groups in total. The zero-order valence-electron chi connectivity index (χ0n) is 22.9. The van der Waals surface area contributed by atoms with Crippen LogP contribution in [0.25, 0.3) is 6.08 Å². The number of carbonyl (C=O) groups excluding carboxylic acids is 3. The lowest BCUT2D eigenvalue weighted by Crippen LogP contribution is -2.48. The summed E-state index contributed by atoms with van der Waals surface area (Å²) in [6, 6.07) is 23.3. The van der Waals surface area contributed by atoms with E-state index in [0.29, 0.717) is 28.2 Å². The molecule has 1 aliphatic carbocycles. The Labute approximate surface area is 242 Å². The summed E-state index contributed by atoms with van der Waals surface area (Å²) in [4.78, 5) is 46.2. The smallest absolute Gasteiger partial charge is 0.185 e. The molecule has 1 fully saturated rings. The number of Topliss-reactive ketones (excluding diaryl/α,β-unsaturated/α-hetero) is 3. The van der Waals surface area contributed by atoms with Crippen LogP contribution in [0.4, 0.5) is 10.1 Å². The van der Waals surface area contributed by atoms with Gasteiger partial charge in [0.2, 0.25) is 0 Å². The van der Waals surface area contributed by atoms with Gasteiger partial charge in [-0.3, -0.25) is 14.4 Å². The first-order valence-electron chi connectivity index (χ1n) is 13.7. The van der Waals surface area contributed by atoms with Gasteiger partial charge >= 0.3 is 0 Å². The minimum atomic E-state index is -1.69. The molecule has 1 spiro atoms. The number of fused-ring (bicyclic) bond motifs is 5. The topological polar surface area (TPSA) is 72.9 Å². The summed E-state index contributed by atoms with van der Waals surface area (Å²) in [6.07, 6.45) is 3.77. The molecule has 2 heterocycles. The molecule has 4 aromatic carbocycles. The fourth-order valence-corrected chi connectivity index (χ4v) is 7.20. The Morgan fingerprint density at radius 3 is 2.14 bits per heavy atom. The van der Waals surface area contributed by atoms with Crippen molar-refractivity contribution >= 4 is 29.1 Å². The Morgan fingerprint density at radius 2 is 1.48 bits per heavy atom. The number of nitrogens with zero attached hydrogens (tertiary/aromatic N) is 1. The fourth-order valence-electron chi connectivity index (χ4n) is 7.20. The van der Waals surface area contributed by atoms with Gasteiger partial charge < -0.3 is 14.4 Å². The quantitative estimate of drug-likeness (QED) is 0.216. The Hall–Kier alpha value is -5.04. The second-order valence-corrected chi connectivity index (χ2v) is 10.7. The zero-order valence-corrected chi connectivity index (χ0v) is 22.9. The van der Waals surface area contributed by atoms with Crippen LogP contribution in [-0.4, -0.2) is 43.7 Å². The van der Waals surface area contributed by atoms with Crippen molar-refractivity contribution in [2.75, 3.05) is 19.1 Å². The Balaban J connectivity index is 1.58. The highest BCUT2D eigenvalue weighted by Gasteiger charge is 2.72. The highest BCUT2D eigenvalue weighted by atomic mass is 19.1. The van der Waals surface area contributed by atoms with E-state index < -0.39 is 29.2 Å². The Bertz CT molecular complexity index is 1780. The first-order chi connectivity index (χ1) is 20.4. The maximum Gasteiger partial charge on any atom is 0.185 e. The number of hydrogen-bond acceptors (Lipinski definition) is 6. The molecule has 0 unspecified atom stereocenters. The van der Waals surface area contributed by atoms with Crippen LogP contribution < -0.4 is 14.4 Å². The van der Waals surface area contributed by atoms with Crippen molar-refractivity contribution in [2.45, 2.75) is 18.0 Å². The number of carbonyl (C=O) groups is 3. The maximum atomic E-state index is 14.8. The molecule has 0 bridgehead atoms. The van der Waals surface area contributed by atoms with Crippen LogP contribution in [-0.2, 0) is 0 Å². The van der Waals surface area contributed by atoms with Gasteiger partial charge in [0.15, 0.2) is 28.8 Å². The van der Waals surface area contributed by atoms with E-state index in [2.05, 4.69) is 0 Å². The van der Waals surface area contributed by atoms with Gasteiger partial charge in [-0.25, -0.2) is 4.39 Å². The third-order valence-corrected chi connectivity index (χ3v) is 8.88. The number of para-hydroxylation sites is 2. The number of anilines is 1. The normalized spacial score (nSPS) is 21.2. The van der Waals surface area contributed by atoms with Gasteiger partial charge in [0.25, 0.3) is 0 Å². The molecular formula is C35H26FNO5. The maximum absolute atomic E-state index is 14.8. The van der Waals surface area contributed by atoms with E-state index >= 15 is 0 Å². The van der Waals surface area contributed by atoms with Gasteiger partial charge in [-0.05, 0) is 42.0 Å². The van der Waals surface area contributed by atoms with Crippen LogP contribution in [0.5, 0.6) is 11.5 Å². The van der Waals surface area contributed by atoms with Crippen LogP contribution in [0, 0.1) is 11.2 Å². The SMILES string of the molecule is COc1cccc([C@@H]2[C@H](C(=O)c3ccc(F)cc3)N3c4ccccc4C=C[C@@H]3C23C(=O)c2ccccc2C3=O)c1OC. The molecule has 7 rings (SSSR count). The minimum absolute atomic E-state index is 0.270. The Morgan fingerprint density at radius 1 is 0.810 bits per heavy atom. The molecule has 7 heteroatoms. The van der Waals surface area contributed by atoms with Crippen molar-refractivity contribution in [2.24, 2.45) is 5.41 Å². The van der Waals surface area contributed by atoms with Gasteiger partial charge in [-0.2, -0.15) is 0 Å². The van der Waals surface area contributed by atoms with E-state index in [1.807, 2.05) is 41.3 Å². The van der Waals surface area contributed by atoms with Crippen molar-refractivity contribution in [1.82, 2.24) is 0 Å². The number of halogens is 1. The second kappa shape index (κ2) is 9.52. The van der Waals surface area contributed by atoms with Crippen molar-refractivity contribution < 1.29 is 28.2 Å². The van der Waals surface area contributed by atoms with Crippen molar-refractivity contribution in [3.8, 4) is 11.5 Å². The third-order valence-electron chi connectivity index (χ3n) is 8.88. The summed E-state index contributed by atoms with van der Waals surface area (Å²) in [5.74, 6) is -1.72. The average molecular weight is 560 g/mol. The summed E-state index contributed by atoms with van der Waals surface area (Å²) in [5.41, 5.74) is 1.33. The monoisotopic (exact) mass is 559 g/mol. The molecule has 4 aromatic rings. The first-order valence-corrected chi connectivity index (χ1v) is 13.7. The van der Waals surface area contributed by atoms with Gasteiger partial charge in [-0.15, -0.1) is 0 Å². The number of benzene rings is 4. The largest absolute Gasteiger partial charge is 0.493 e. The standard InChI is InChI=1S/C35H26FNO5/c1-41-27-13-7-11-25(32(27)42-2)29-30(31(38)21-14-17-22(36)18-15-21)37-26-12-6-3-8-20(26)16-19-28(37)35(29)33(39)23-9-4-5-10-24(23)34(35)40/h3-19,28-30H,1-2H3/t28-,29-,30-/m1/s1. The molecule has 0 amide bonds. The number of ketones is 3. The van der Waals surface area contributed by atoms with E-state index in [0.717, 1.165) is 11.3 Å². The first kappa shape index (κ1) is 25.9. The molecule has 42 heavy (non-hydrogen) atoms. The second-order valence-electron chi connectivity index (χ2n) is 10.7. The molecule has 0 saturated carbocycles. The highest BCUT2D eigenvalue weighted by molar-refractivity contribution is 6.32. The van der Waals surface area contributed by atoms with E-state index in [9.17, 15) is 18.8 Å². The molecule has 3 aliphatic rings. The predicted molar refractivity (Wildman–Crippen MR) is 156 cm³/mol. The number of rotatable bonds is 5.